The Labute approximate surface area is 120 Å². The maximum atomic E-state index is 11.6. The van der Waals surface area contributed by atoms with Crippen molar-refractivity contribution in [3.63, 3.8) is 0 Å². The van der Waals surface area contributed by atoms with E-state index >= 15 is 0 Å². The van der Waals surface area contributed by atoms with Gasteiger partial charge in [-0.3, -0.25) is 0 Å². The van der Waals surface area contributed by atoms with Crippen molar-refractivity contribution in [2.24, 2.45) is 0 Å². The third-order valence-electron chi connectivity index (χ3n) is 3.31. The second kappa shape index (κ2) is 6.19. The molecule has 0 amide bonds. The summed E-state index contributed by atoms with van der Waals surface area (Å²) in [7, 11) is 1.18. The van der Waals surface area contributed by atoms with Gasteiger partial charge in [0.1, 0.15) is 18.3 Å². The van der Waals surface area contributed by atoms with E-state index in [1.165, 1.54) is 18.0 Å². The standard InChI is InChI=1S/C12H15N3O6/c1-20-12(19)8-6(2-3-13)15(5-14-8)11-10(18)9(17)7(4-16)21-11/h5,7,9-11,16-18H,2,4H2,1H3/t7-,9-,10-,11-/m1/s1. The molecule has 1 fully saturated rings. The molecule has 0 aliphatic carbocycles. The average molecular weight is 297 g/mol. The van der Waals surface area contributed by atoms with Gasteiger partial charge in [-0.05, 0) is 0 Å². The highest BCUT2D eigenvalue weighted by atomic mass is 16.6. The summed E-state index contributed by atoms with van der Waals surface area (Å²) < 4.78 is 11.2. The van der Waals surface area contributed by atoms with Crippen molar-refractivity contribution in [2.75, 3.05) is 13.7 Å². The minimum absolute atomic E-state index is 0.0585. The number of imidazole rings is 1. The number of nitriles is 1. The number of carbonyl (C=O) groups excluding carboxylic acids is 1. The predicted octanol–water partition coefficient (Wildman–Crippen LogP) is -1.65. The summed E-state index contributed by atoms with van der Waals surface area (Å²) >= 11 is 0. The molecule has 9 heteroatoms. The fraction of sp³-hybridized carbons (Fsp3) is 0.583. The lowest BCUT2D eigenvalue weighted by atomic mass is 10.1. The normalized spacial score (nSPS) is 28.3. The Morgan fingerprint density at radius 2 is 2.29 bits per heavy atom. The summed E-state index contributed by atoms with van der Waals surface area (Å²) in [5, 5.41) is 37.7. The smallest absolute Gasteiger partial charge is 0.358 e. The van der Waals surface area contributed by atoms with Gasteiger partial charge < -0.3 is 29.4 Å². The van der Waals surface area contributed by atoms with Crippen molar-refractivity contribution in [3.05, 3.63) is 17.7 Å². The van der Waals surface area contributed by atoms with Crippen molar-refractivity contribution in [1.82, 2.24) is 9.55 Å². The topological polar surface area (TPSA) is 138 Å². The van der Waals surface area contributed by atoms with Gasteiger partial charge in [-0.15, -0.1) is 0 Å². The minimum Gasteiger partial charge on any atom is -0.464 e. The van der Waals surface area contributed by atoms with E-state index in [1.807, 2.05) is 6.07 Å². The van der Waals surface area contributed by atoms with Crippen molar-refractivity contribution in [2.45, 2.75) is 31.0 Å². The van der Waals surface area contributed by atoms with Crippen molar-refractivity contribution in [1.29, 1.82) is 5.26 Å². The second-order valence-electron chi connectivity index (χ2n) is 4.50. The monoisotopic (exact) mass is 297 g/mol. The third-order valence-corrected chi connectivity index (χ3v) is 3.31. The largest absolute Gasteiger partial charge is 0.464 e. The van der Waals surface area contributed by atoms with Gasteiger partial charge in [0.25, 0.3) is 0 Å². The number of hydrogen-bond acceptors (Lipinski definition) is 8. The van der Waals surface area contributed by atoms with Crippen molar-refractivity contribution >= 4 is 5.97 Å². The summed E-state index contributed by atoms with van der Waals surface area (Å²) in [6, 6.07) is 1.89. The molecule has 2 heterocycles. The Kier molecular flexibility index (Phi) is 4.54. The van der Waals surface area contributed by atoms with Gasteiger partial charge in [-0.1, -0.05) is 0 Å². The first-order valence-electron chi connectivity index (χ1n) is 6.18. The lowest BCUT2D eigenvalue weighted by molar-refractivity contribution is -0.0538. The van der Waals surface area contributed by atoms with E-state index in [-0.39, 0.29) is 17.8 Å². The summed E-state index contributed by atoms with van der Waals surface area (Å²) in [4.78, 5) is 15.5. The lowest BCUT2D eigenvalue weighted by Crippen LogP contribution is -2.33. The minimum atomic E-state index is -1.32. The quantitative estimate of drug-likeness (QED) is 0.562. The van der Waals surface area contributed by atoms with Crippen LogP contribution in [0.2, 0.25) is 0 Å². The Morgan fingerprint density at radius 1 is 1.57 bits per heavy atom. The number of nitrogens with zero attached hydrogens (tertiary/aromatic N) is 3. The van der Waals surface area contributed by atoms with Gasteiger partial charge in [0.05, 0.1) is 38.2 Å². The molecular formula is C12H15N3O6. The molecule has 0 bridgehead atoms. The van der Waals surface area contributed by atoms with Gasteiger partial charge in [-0.2, -0.15) is 5.26 Å². The zero-order chi connectivity index (χ0) is 15.6. The average Bonchev–Trinajstić information content (AvgIpc) is 3.01. The van der Waals surface area contributed by atoms with Crippen LogP contribution in [0.4, 0.5) is 0 Å². The van der Waals surface area contributed by atoms with E-state index in [0.29, 0.717) is 0 Å². The van der Waals surface area contributed by atoms with E-state index in [2.05, 4.69) is 9.72 Å². The second-order valence-corrected chi connectivity index (χ2v) is 4.50. The summed E-state index contributed by atoms with van der Waals surface area (Å²) in [6.07, 6.45) is -3.54. The number of ether oxygens (including phenoxy) is 2. The Hall–Kier alpha value is -1.99. The van der Waals surface area contributed by atoms with Crippen LogP contribution in [0.1, 0.15) is 22.4 Å². The first-order chi connectivity index (χ1) is 10.0. The highest BCUT2D eigenvalue weighted by Crippen LogP contribution is 2.31. The molecule has 1 aliphatic rings. The molecule has 9 nitrogen and oxygen atoms in total. The summed E-state index contributed by atoms with van der Waals surface area (Å²) in [6.45, 7) is -0.471. The van der Waals surface area contributed by atoms with E-state index in [4.69, 9.17) is 15.1 Å². The molecule has 0 spiro atoms. The fourth-order valence-electron chi connectivity index (χ4n) is 2.23. The molecule has 0 unspecified atom stereocenters. The van der Waals surface area contributed by atoms with Gasteiger partial charge in [-0.25, -0.2) is 9.78 Å². The summed E-state index contributed by atoms with van der Waals surface area (Å²) in [5.74, 6) is -0.717. The van der Waals surface area contributed by atoms with E-state index in [0.717, 1.165) is 0 Å². The molecule has 114 valence electrons. The molecular weight excluding hydrogens is 282 g/mol. The lowest BCUT2D eigenvalue weighted by Gasteiger charge is -2.18. The molecule has 21 heavy (non-hydrogen) atoms. The van der Waals surface area contributed by atoms with Crippen LogP contribution in [0.25, 0.3) is 0 Å². The number of aliphatic hydroxyl groups excluding tert-OH is 3. The molecule has 0 aromatic carbocycles. The molecule has 4 atom stereocenters. The number of hydrogen-bond donors (Lipinski definition) is 3. The van der Waals surface area contributed by atoms with Gasteiger partial charge in [0, 0.05) is 0 Å². The van der Waals surface area contributed by atoms with Crippen LogP contribution in [0, 0.1) is 11.3 Å². The van der Waals surface area contributed by atoms with Crippen LogP contribution in [0.3, 0.4) is 0 Å². The molecule has 2 rings (SSSR count). The number of aromatic nitrogens is 2. The molecule has 0 saturated carbocycles. The molecule has 1 aliphatic heterocycles. The van der Waals surface area contributed by atoms with Crippen molar-refractivity contribution in [3.8, 4) is 6.07 Å². The summed E-state index contributed by atoms with van der Waals surface area (Å²) in [5.41, 5.74) is 0.149. The number of methoxy groups -OCH3 is 1. The zero-order valence-corrected chi connectivity index (χ0v) is 11.2. The van der Waals surface area contributed by atoms with Crippen LogP contribution in [-0.2, 0) is 15.9 Å². The number of carbonyl (C=O) groups is 1. The van der Waals surface area contributed by atoms with Gasteiger partial charge >= 0.3 is 5.97 Å². The molecule has 1 aromatic heterocycles. The Morgan fingerprint density at radius 3 is 2.81 bits per heavy atom. The van der Waals surface area contributed by atoms with Gasteiger partial charge in [0.15, 0.2) is 11.9 Å². The highest BCUT2D eigenvalue weighted by molar-refractivity contribution is 5.88. The number of aliphatic hydroxyl groups is 3. The fourth-order valence-corrected chi connectivity index (χ4v) is 2.23. The Bertz CT molecular complexity index is 566. The Balaban J connectivity index is 2.38. The maximum absolute atomic E-state index is 11.6. The van der Waals surface area contributed by atoms with Crippen LogP contribution in [-0.4, -0.2) is 62.9 Å². The van der Waals surface area contributed by atoms with Crippen LogP contribution in [0.5, 0.6) is 0 Å². The predicted molar refractivity (Wildman–Crippen MR) is 65.9 cm³/mol. The van der Waals surface area contributed by atoms with Crippen molar-refractivity contribution < 1.29 is 29.6 Å². The number of rotatable bonds is 4. The highest BCUT2D eigenvalue weighted by Gasteiger charge is 2.44. The maximum Gasteiger partial charge on any atom is 0.358 e. The first-order valence-corrected chi connectivity index (χ1v) is 6.18. The van der Waals surface area contributed by atoms with E-state index in [1.54, 1.807) is 0 Å². The van der Waals surface area contributed by atoms with Crippen LogP contribution in [0.15, 0.2) is 6.33 Å². The molecule has 1 saturated heterocycles. The third kappa shape index (κ3) is 2.62. The first kappa shape index (κ1) is 15.4. The SMILES string of the molecule is COC(=O)c1ncn([C@@H]2O[C@H](CO)[C@@H](O)[C@H]2O)c1CC#N. The van der Waals surface area contributed by atoms with Crippen LogP contribution < -0.4 is 0 Å². The van der Waals surface area contributed by atoms with Gasteiger partial charge in [0.2, 0.25) is 0 Å². The van der Waals surface area contributed by atoms with E-state index < -0.39 is 37.1 Å². The zero-order valence-electron chi connectivity index (χ0n) is 11.2. The van der Waals surface area contributed by atoms with Crippen LogP contribution >= 0.6 is 0 Å². The molecule has 0 radical (unpaired) electrons. The number of esters is 1. The van der Waals surface area contributed by atoms with E-state index in [9.17, 15) is 15.0 Å². The molecule has 3 N–H and O–H groups in total. The molecule has 1 aromatic rings.